The molecule has 0 saturated carbocycles. The number of hydrogen-bond donors (Lipinski definition) is 3. The predicted octanol–water partition coefficient (Wildman–Crippen LogP) is 1.78. The number of thiazole rings is 1. The van der Waals surface area contributed by atoms with Crippen molar-refractivity contribution < 1.29 is 18.7 Å². The fourth-order valence-corrected chi connectivity index (χ4v) is 3.13. The summed E-state index contributed by atoms with van der Waals surface area (Å²) in [6.07, 6.45) is 0.344. The van der Waals surface area contributed by atoms with Crippen LogP contribution >= 0.6 is 23.7 Å². The molecule has 0 aliphatic carbocycles. The number of hydrogen-bond acceptors (Lipinski definition) is 7. The Morgan fingerprint density at radius 3 is 3.00 bits per heavy atom. The lowest BCUT2D eigenvalue weighted by molar-refractivity contribution is -0.119. The van der Waals surface area contributed by atoms with Crippen LogP contribution in [0, 0.1) is 0 Å². The minimum atomic E-state index is -0.116. The molecule has 1 aliphatic heterocycles. The van der Waals surface area contributed by atoms with Gasteiger partial charge in [0.15, 0.2) is 10.9 Å². The molecular weight excluding hydrogens is 380 g/mol. The Kier molecular flexibility index (Phi) is 7.58. The van der Waals surface area contributed by atoms with Crippen LogP contribution in [0.5, 0.6) is 0 Å². The largest absolute Gasteiger partial charge is 0.458 e. The van der Waals surface area contributed by atoms with E-state index < -0.39 is 0 Å². The molecule has 1 saturated heterocycles. The third-order valence-corrected chi connectivity index (χ3v) is 4.36. The number of anilines is 1. The average molecular weight is 401 g/mol. The first-order chi connectivity index (χ1) is 12.1. The lowest BCUT2D eigenvalue weighted by Crippen LogP contribution is -2.43. The predicted molar refractivity (Wildman–Crippen MR) is 100 cm³/mol. The van der Waals surface area contributed by atoms with Gasteiger partial charge in [0.2, 0.25) is 11.8 Å². The Bertz CT molecular complexity index is 742. The summed E-state index contributed by atoms with van der Waals surface area (Å²) in [7, 11) is 0. The lowest BCUT2D eigenvalue weighted by Gasteiger charge is -2.22. The van der Waals surface area contributed by atoms with Crippen molar-refractivity contribution in [3.05, 3.63) is 23.3 Å². The van der Waals surface area contributed by atoms with Crippen molar-refractivity contribution in [2.24, 2.45) is 0 Å². The van der Waals surface area contributed by atoms with Crippen LogP contribution in [-0.4, -0.2) is 42.6 Å². The van der Waals surface area contributed by atoms with E-state index in [0.717, 1.165) is 6.54 Å². The van der Waals surface area contributed by atoms with Crippen LogP contribution < -0.4 is 16.0 Å². The number of carbonyl (C=O) groups excluding carboxylic acids is 2. The molecule has 26 heavy (non-hydrogen) atoms. The van der Waals surface area contributed by atoms with Gasteiger partial charge in [-0.1, -0.05) is 0 Å². The molecule has 2 aromatic rings. The van der Waals surface area contributed by atoms with E-state index in [1.54, 1.807) is 12.1 Å². The van der Waals surface area contributed by atoms with Crippen LogP contribution in [0.3, 0.4) is 0 Å². The van der Waals surface area contributed by atoms with Gasteiger partial charge in [0.25, 0.3) is 0 Å². The van der Waals surface area contributed by atoms with Gasteiger partial charge in [0.05, 0.1) is 19.8 Å². The van der Waals surface area contributed by atoms with Crippen molar-refractivity contribution in [2.75, 3.05) is 25.1 Å². The standard InChI is InChI=1S/C16H20N4O4S.ClH/c1-10(21)18-7-12-2-3-14(24-12)13-9-25-16(19-13)20-15(22)6-11-8-23-5-4-17-11;/h2-3,9,11,17H,4-8H2,1H3,(H,18,21)(H,19,20,22);1H. The van der Waals surface area contributed by atoms with E-state index in [0.29, 0.717) is 48.5 Å². The molecule has 2 amide bonds. The van der Waals surface area contributed by atoms with Gasteiger partial charge in [-0.2, -0.15) is 0 Å². The Hall–Kier alpha value is -1.94. The third kappa shape index (κ3) is 5.80. The maximum atomic E-state index is 12.1. The Balaban J connectivity index is 0.00000243. The number of carbonyl (C=O) groups is 2. The van der Waals surface area contributed by atoms with Crippen LogP contribution in [0.15, 0.2) is 21.9 Å². The average Bonchev–Trinajstić information content (AvgIpc) is 3.23. The first-order valence-corrected chi connectivity index (χ1v) is 8.88. The van der Waals surface area contributed by atoms with Crippen molar-refractivity contribution in [2.45, 2.75) is 25.9 Å². The van der Waals surface area contributed by atoms with E-state index in [9.17, 15) is 9.59 Å². The van der Waals surface area contributed by atoms with Gasteiger partial charge in [-0.05, 0) is 12.1 Å². The molecule has 10 heteroatoms. The van der Waals surface area contributed by atoms with E-state index in [1.807, 2.05) is 5.38 Å². The Labute approximate surface area is 161 Å². The maximum Gasteiger partial charge on any atom is 0.227 e. The Morgan fingerprint density at radius 1 is 1.42 bits per heavy atom. The summed E-state index contributed by atoms with van der Waals surface area (Å²) in [5.74, 6) is 1.02. The molecule has 0 radical (unpaired) electrons. The molecule has 2 aromatic heterocycles. The van der Waals surface area contributed by atoms with E-state index >= 15 is 0 Å². The minimum Gasteiger partial charge on any atom is -0.458 e. The van der Waals surface area contributed by atoms with E-state index in [1.165, 1.54) is 18.3 Å². The molecular formula is C16H21ClN4O4S. The number of morpholine rings is 1. The van der Waals surface area contributed by atoms with Crippen LogP contribution in [-0.2, 0) is 20.9 Å². The molecule has 1 atom stereocenters. The number of nitrogens with one attached hydrogen (secondary N) is 3. The van der Waals surface area contributed by atoms with Crippen molar-refractivity contribution in [1.29, 1.82) is 0 Å². The molecule has 0 bridgehead atoms. The summed E-state index contributed by atoms with van der Waals surface area (Å²) >= 11 is 1.34. The van der Waals surface area contributed by atoms with Crippen LogP contribution in [0.25, 0.3) is 11.5 Å². The van der Waals surface area contributed by atoms with Crippen LogP contribution in [0.2, 0.25) is 0 Å². The van der Waals surface area contributed by atoms with Crippen molar-refractivity contribution in [1.82, 2.24) is 15.6 Å². The van der Waals surface area contributed by atoms with Gasteiger partial charge >= 0.3 is 0 Å². The number of ether oxygens (including phenoxy) is 1. The maximum absolute atomic E-state index is 12.1. The highest BCUT2D eigenvalue weighted by molar-refractivity contribution is 7.14. The highest BCUT2D eigenvalue weighted by atomic mass is 35.5. The van der Waals surface area contributed by atoms with Crippen molar-refractivity contribution >= 4 is 40.7 Å². The van der Waals surface area contributed by atoms with Gasteiger partial charge in [-0.15, -0.1) is 23.7 Å². The molecule has 8 nitrogen and oxygen atoms in total. The van der Waals surface area contributed by atoms with Crippen molar-refractivity contribution in [3.8, 4) is 11.5 Å². The molecule has 0 aromatic carbocycles. The zero-order valence-electron chi connectivity index (χ0n) is 14.2. The first kappa shape index (κ1) is 20.4. The molecule has 3 rings (SSSR count). The second-order valence-electron chi connectivity index (χ2n) is 5.69. The monoisotopic (exact) mass is 400 g/mol. The summed E-state index contributed by atoms with van der Waals surface area (Å²) < 4.78 is 11.0. The van der Waals surface area contributed by atoms with E-state index in [-0.39, 0.29) is 30.3 Å². The number of halogens is 1. The van der Waals surface area contributed by atoms with Gasteiger partial charge in [0, 0.05) is 31.3 Å². The van der Waals surface area contributed by atoms with E-state index in [2.05, 4.69) is 20.9 Å². The number of aromatic nitrogens is 1. The smallest absolute Gasteiger partial charge is 0.227 e. The summed E-state index contributed by atoms with van der Waals surface area (Å²) in [6, 6.07) is 3.62. The number of furan rings is 1. The zero-order valence-corrected chi connectivity index (χ0v) is 15.9. The fraction of sp³-hybridized carbons (Fsp3) is 0.438. The molecule has 3 heterocycles. The molecule has 0 spiro atoms. The summed E-state index contributed by atoms with van der Waals surface area (Å²) in [4.78, 5) is 27.4. The summed E-state index contributed by atoms with van der Waals surface area (Å²) in [6.45, 7) is 3.77. The second kappa shape index (κ2) is 9.67. The Morgan fingerprint density at radius 2 is 2.27 bits per heavy atom. The highest BCUT2D eigenvalue weighted by Gasteiger charge is 2.18. The SMILES string of the molecule is CC(=O)NCc1ccc(-c2csc(NC(=O)CC3COCCN3)n2)o1.Cl. The first-order valence-electron chi connectivity index (χ1n) is 8.00. The van der Waals surface area contributed by atoms with E-state index in [4.69, 9.17) is 9.15 Å². The summed E-state index contributed by atoms with van der Waals surface area (Å²) in [5, 5.41) is 11.1. The normalized spacial score (nSPS) is 16.6. The fourth-order valence-electron chi connectivity index (χ4n) is 2.41. The number of rotatable bonds is 6. The lowest BCUT2D eigenvalue weighted by atomic mass is 10.2. The number of nitrogens with zero attached hydrogens (tertiary/aromatic N) is 1. The summed E-state index contributed by atoms with van der Waals surface area (Å²) in [5.41, 5.74) is 0.647. The molecule has 3 N–H and O–H groups in total. The third-order valence-electron chi connectivity index (χ3n) is 3.61. The zero-order chi connectivity index (χ0) is 17.6. The number of amides is 2. The van der Waals surface area contributed by atoms with Crippen LogP contribution in [0.1, 0.15) is 19.1 Å². The van der Waals surface area contributed by atoms with Gasteiger partial charge in [-0.3, -0.25) is 9.59 Å². The quantitative estimate of drug-likeness (QED) is 0.682. The van der Waals surface area contributed by atoms with Crippen LogP contribution in [0.4, 0.5) is 5.13 Å². The molecule has 1 fully saturated rings. The minimum absolute atomic E-state index is 0. The van der Waals surface area contributed by atoms with Gasteiger partial charge in [0.1, 0.15) is 11.5 Å². The van der Waals surface area contributed by atoms with Crippen molar-refractivity contribution in [3.63, 3.8) is 0 Å². The van der Waals surface area contributed by atoms with Gasteiger partial charge < -0.3 is 25.1 Å². The molecule has 142 valence electrons. The molecule has 1 aliphatic rings. The topological polar surface area (TPSA) is 105 Å². The van der Waals surface area contributed by atoms with Gasteiger partial charge in [-0.25, -0.2) is 4.98 Å². The second-order valence-corrected chi connectivity index (χ2v) is 6.55. The highest BCUT2D eigenvalue weighted by Crippen LogP contribution is 2.26. The molecule has 1 unspecified atom stereocenters.